The molecule has 0 aromatic heterocycles. The minimum absolute atomic E-state index is 0.381. The summed E-state index contributed by atoms with van der Waals surface area (Å²) in [6.45, 7) is 1.89. The first-order valence-corrected chi connectivity index (χ1v) is 7.04. The van der Waals surface area contributed by atoms with Gasteiger partial charge in [0.25, 0.3) is 0 Å². The Morgan fingerprint density at radius 2 is 2.21 bits per heavy atom. The molecule has 0 fully saturated rings. The van der Waals surface area contributed by atoms with Crippen LogP contribution in [0.2, 0.25) is 0 Å². The van der Waals surface area contributed by atoms with E-state index in [1.807, 2.05) is 0 Å². The van der Waals surface area contributed by atoms with E-state index < -0.39 is 0 Å². The van der Waals surface area contributed by atoms with E-state index in [0.29, 0.717) is 6.04 Å². The molecular formula is C15H25N3O. The van der Waals surface area contributed by atoms with Crippen LogP contribution in [0, 0.1) is 0 Å². The molecule has 1 atom stereocenters. The number of nitrogens with zero attached hydrogens (tertiary/aromatic N) is 1. The van der Waals surface area contributed by atoms with Crippen molar-refractivity contribution in [3.05, 3.63) is 29.3 Å². The van der Waals surface area contributed by atoms with Crippen molar-refractivity contribution in [3.8, 4) is 5.75 Å². The predicted molar refractivity (Wildman–Crippen MR) is 78.2 cm³/mol. The number of benzene rings is 1. The summed E-state index contributed by atoms with van der Waals surface area (Å²) in [5, 5.41) is 0. The maximum Gasteiger partial charge on any atom is 0.122 e. The van der Waals surface area contributed by atoms with E-state index >= 15 is 0 Å². The third-order valence-electron chi connectivity index (χ3n) is 3.70. The van der Waals surface area contributed by atoms with Gasteiger partial charge in [-0.05, 0) is 57.1 Å². The smallest absolute Gasteiger partial charge is 0.122 e. The fourth-order valence-electron chi connectivity index (χ4n) is 2.46. The molecule has 4 nitrogen and oxygen atoms in total. The molecule has 0 saturated carbocycles. The summed E-state index contributed by atoms with van der Waals surface area (Å²) >= 11 is 0. The molecule has 2 rings (SSSR count). The summed E-state index contributed by atoms with van der Waals surface area (Å²) < 4.78 is 5.53. The molecule has 1 unspecified atom stereocenters. The zero-order chi connectivity index (χ0) is 13.7. The van der Waals surface area contributed by atoms with Crippen LogP contribution < -0.4 is 16.0 Å². The van der Waals surface area contributed by atoms with E-state index in [1.165, 1.54) is 11.1 Å². The van der Waals surface area contributed by atoms with Gasteiger partial charge in [-0.15, -0.1) is 0 Å². The number of nitrogens with one attached hydrogen (secondary N) is 1. The Hall–Kier alpha value is -1.10. The first kappa shape index (κ1) is 14.3. The van der Waals surface area contributed by atoms with Gasteiger partial charge in [0, 0.05) is 12.5 Å². The number of hydrogen-bond donors (Lipinski definition) is 2. The van der Waals surface area contributed by atoms with Crippen LogP contribution in [-0.2, 0) is 12.8 Å². The van der Waals surface area contributed by atoms with Gasteiger partial charge >= 0.3 is 0 Å². The zero-order valence-electron chi connectivity index (χ0n) is 12.0. The SMILES string of the molecule is CN(C)CCC(CCc1ccc2c(c1)CCO2)NN. The summed E-state index contributed by atoms with van der Waals surface area (Å²) in [4.78, 5) is 2.19. The summed E-state index contributed by atoms with van der Waals surface area (Å²) in [5.41, 5.74) is 5.66. The van der Waals surface area contributed by atoms with Crippen LogP contribution in [0.5, 0.6) is 5.75 Å². The Labute approximate surface area is 115 Å². The maximum absolute atomic E-state index is 5.62. The van der Waals surface area contributed by atoms with Crippen molar-refractivity contribution < 1.29 is 4.74 Å². The maximum atomic E-state index is 5.62. The number of hydrogen-bond acceptors (Lipinski definition) is 4. The lowest BCUT2D eigenvalue weighted by atomic mass is 10.0. The Kier molecular flexibility index (Phi) is 5.19. The first-order chi connectivity index (χ1) is 9.19. The van der Waals surface area contributed by atoms with Crippen molar-refractivity contribution in [3.63, 3.8) is 0 Å². The zero-order valence-corrected chi connectivity index (χ0v) is 12.0. The molecule has 0 saturated heterocycles. The molecule has 1 aliphatic rings. The second kappa shape index (κ2) is 6.89. The van der Waals surface area contributed by atoms with Crippen LogP contribution in [0.4, 0.5) is 0 Å². The lowest BCUT2D eigenvalue weighted by Crippen LogP contribution is -2.37. The van der Waals surface area contributed by atoms with Crippen molar-refractivity contribution in [2.75, 3.05) is 27.2 Å². The second-order valence-corrected chi connectivity index (χ2v) is 5.53. The van der Waals surface area contributed by atoms with Gasteiger partial charge < -0.3 is 9.64 Å². The van der Waals surface area contributed by atoms with Gasteiger partial charge in [0.15, 0.2) is 0 Å². The van der Waals surface area contributed by atoms with Gasteiger partial charge in [-0.1, -0.05) is 12.1 Å². The Balaban J connectivity index is 1.83. The molecule has 0 aliphatic carbocycles. The molecule has 1 aliphatic heterocycles. The van der Waals surface area contributed by atoms with E-state index in [-0.39, 0.29) is 0 Å². The van der Waals surface area contributed by atoms with Crippen LogP contribution in [-0.4, -0.2) is 38.2 Å². The quantitative estimate of drug-likeness (QED) is 0.576. The highest BCUT2D eigenvalue weighted by Gasteiger charge is 2.13. The van der Waals surface area contributed by atoms with Crippen LogP contribution >= 0.6 is 0 Å². The monoisotopic (exact) mass is 263 g/mol. The third-order valence-corrected chi connectivity index (χ3v) is 3.70. The van der Waals surface area contributed by atoms with E-state index in [0.717, 1.165) is 44.6 Å². The van der Waals surface area contributed by atoms with E-state index in [9.17, 15) is 0 Å². The van der Waals surface area contributed by atoms with Crippen LogP contribution in [0.15, 0.2) is 18.2 Å². The number of rotatable bonds is 7. The Morgan fingerprint density at radius 1 is 1.37 bits per heavy atom. The van der Waals surface area contributed by atoms with Crippen molar-refractivity contribution in [1.29, 1.82) is 0 Å². The molecule has 1 heterocycles. The highest BCUT2D eigenvalue weighted by atomic mass is 16.5. The largest absolute Gasteiger partial charge is 0.493 e. The topological polar surface area (TPSA) is 50.5 Å². The second-order valence-electron chi connectivity index (χ2n) is 5.53. The van der Waals surface area contributed by atoms with Gasteiger partial charge in [0.2, 0.25) is 0 Å². The van der Waals surface area contributed by atoms with E-state index in [4.69, 9.17) is 10.6 Å². The number of nitrogens with two attached hydrogens (primary N) is 1. The van der Waals surface area contributed by atoms with Crippen molar-refractivity contribution in [2.45, 2.75) is 31.7 Å². The minimum Gasteiger partial charge on any atom is -0.493 e. The van der Waals surface area contributed by atoms with Crippen LogP contribution in [0.3, 0.4) is 0 Å². The predicted octanol–water partition coefficient (Wildman–Crippen LogP) is 1.34. The molecule has 0 amide bonds. The summed E-state index contributed by atoms with van der Waals surface area (Å²) in [6.07, 6.45) is 4.26. The number of ether oxygens (including phenoxy) is 1. The molecule has 4 heteroatoms. The van der Waals surface area contributed by atoms with Gasteiger partial charge in [-0.3, -0.25) is 11.3 Å². The van der Waals surface area contributed by atoms with E-state index in [2.05, 4.69) is 42.6 Å². The van der Waals surface area contributed by atoms with Crippen LogP contribution in [0.25, 0.3) is 0 Å². The average Bonchev–Trinajstić information content (AvgIpc) is 2.86. The fraction of sp³-hybridized carbons (Fsp3) is 0.600. The molecule has 1 aromatic carbocycles. The molecule has 19 heavy (non-hydrogen) atoms. The molecule has 1 aromatic rings. The van der Waals surface area contributed by atoms with Crippen molar-refractivity contribution in [1.82, 2.24) is 10.3 Å². The molecule has 3 N–H and O–H groups in total. The van der Waals surface area contributed by atoms with Gasteiger partial charge in [0.05, 0.1) is 6.61 Å². The Bertz CT molecular complexity index is 406. The first-order valence-electron chi connectivity index (χ1n) is 7.04. The van der Waals surface area contributed by atoms with Gasteiger partial charge in [0.1, 0.15) is 5.75 Å². The Morgan fingerprint density at radius 3 is 2.95 bits per heavy atom. The standard InChI is InChI=1S/C15H25N3O/c1-18(2)9-7-14(17-16)5-3-12-4-6-15-13(11-12)8-10-19-15/h4,6,11,14,17H,3,5,7-10,16H2,1-2H3. The third kappa shape index (κ3) is 4.20. The van der Waals surface area contributed by atoms with E-state index in [1.54, 1.807) is 0 Å². The molecule has 106 valence electrons. The molecule has 0 bridgehead atoms. The van der Waals surface area contributed by atoms with Gasteiger partial charge in [-0.2, -0.15) is 0 Å². The molecule has 0 spiro atoms. The average molecular weight is 263 g/mol. The number of fused-ring (bicyclic) bond motifs is 1. The van der Waals surface area contributed by atoms with Crippen molar-refractivity contribution >= 4 is 0 Å². The highest BCUT2D eigenvalue weighted by molar-refractivity contribution is 5.39. The highest BCUT2D eigenvalue weighted by Crippen LogP contribution is 2.26. The van der Waals surface area contributed by atoms with Crippen molar-refractivity contribution in [2.24, 2.45) is 5.84 Å². The normalized spacial score (nSPS) is 15.4. The number of aryl methyl sites for hydroxylation is 1. The summed E-state index contributed by atoms with van der Waals surface area (Å²) in [7, 11) is 4.18. The lowest BCUT2D eigenvalue weighted by Gasteiger charge is -2.18. The molecule has 0 radical (unpaired) electrons. The van der Waals surface area contributed by atoms with Crippen LogP contribution in [0.1, 0.15) is 24.0 Å². The van der Waals surface area contributed by atoms with Gasteiger partial charge in [-0.25, -0.2) is 0 Å². The number of hydrazine groups is 1. The minimum atomic E-state index is 0.381. The summed E-state index contributed by atoms with van der Waals surface area (Å²) in [5.74, 6) is 6.68. The fourth-order valence-corrected chi connectivity index (χ4v) is 2.46. The molecular weight excluding hydrogens is 238 g/mol. The summed E-state index contributed by atoms with van der Waals surface area (Å²) in [6, 6.07) is 6.93. The lowest BCUT2D eigenvalue weighted by molar-refractivity contribution is 0.351.